The SMILES string of the molecule is Cc1cc(-c2ccc(F)cc2)c(C(=N)N)c2nc(C(C)(C)C)nn12. The molecule has 6 heteroatoms. The standard InChI is InChI=1S/C18H20FN5/c1-10-9-13(11-5-7-12(19)8-6-11)14(15(20)21)16-22-17(18(2,3)4)23-24(10)16/h5-9H,1-4H3,(H3,20,21). The number of hydrogen-bond acceptors (Lipinski definition) is 3. The monoisotopic (exact) mass is 325 g/mol. The topological polar surface area (TPSA) is 80.1 Å². The molecule has 3 rings (SSSR count). The number of nitrogens with two attached hydrogens (primary N) is 1. The first-order valence-corrected chi connectivity index (χ1v) is 7.69. The molecule has 0 aliphatic heterocycles. The molecule has 3 N–H and O–H groups in total. The van der Waals surface area contributed by atoms with Crippen LogP contribution in [0.5, 0.6) is 0 Å². The second-order valence-corrected chi connectivity index (χ2v) is 6.92. The summed E-state index contributed by atoms with van der Waals surface area (Å²) in [6, 6.07) is 8.03. The maximum Gasteiger partial charge on any atom is 0.167 e. The van der Waals surface area contributed by atoms with E-state index in [1.165, 1.54) is 12.1 Å². The van der Waals surface area contributed by atoms with Gasteiger partial charge in [-0.05, 0) is 36.2 Å². The molecule has 0 bridgehead atoms. The largest absolute Gasteiger partial charge is 0.384 e. The molecule has 1 aromatic carbocycles. The number of aryl methyl sites for hydroxylation is 1. The van der Waals surface area contributed by atoms with Crippen molar-refractivity contribution in [2.75, 3.05) is 0 Å². The molecular formula is C18H20FN5. The lowest BCUT2D eigenvalue weighted by atomic mass is 9.96. The zero-order valence-corrected chi connectivity index (χ0v) is 14.2. The van der Waals surface area contributed by atoms with Crippen LogP contribution in [0.3, 0.4) is 0 Å². The van der Waals surface area contributed by atoms with E-state index in [0.717, 1.165) is 16.8 Å². The summed E-state index contributed by atoms with van der Waals surface area (Å²) in [5, 5.41) is 12.6. The van der Waals surface area contributed by atoms with Crippen molar-refractivity contribution in [2.24, 2.45) is 5.73 Å². The summed E-state index contributed by atoms with van der Waals surface area (Å²) in [5.74, 6) is 0.287. The molecule has 0 atom stereocenters. The van der Waals surface area contributed by atoms with E-state index in [1.807, 2.05) is 33.8 Å². The van der Waals surface area contributed by atoms with Crippen molar-refractivity contribution >= 4 is 11.5 Å². The summed E-state index contributed by atoms with van der Waals surface area (Å²) in [7, 11) is 0. The Labute approximate surface area is 139 Å². The number of pyridine rings is 1. The number of rotatable bonds is 2. The maximum atomic E-state index is 13.2. The number of benzene rings is 1. The fourth-order valence-corrected chi connectivity index (χ4v) is 2.62. The van der Waals surface area contributed by atoms with Crippen LogP contribution in [0.15, 0.2) is 30.3 Å². The van der Waals surface area contributed by atoms with E-state index in [9.17, 15) is 4.39 Å². The number of aromatic nitrogens is 3. The number of hydrogen-bond donors (Lipinski definition) is 2. The zero-order valence-electron chi connectivity index (χ0n) is 14.2. The summed E-state index contributed by atoms with van der Waals surface area (Å²) in [4.78, 5) is 4.63. The summed E-state index contributed by atoms with van der Waals surface area (Å²) in [6.07, 6.45) is 0. The molecule has 5 nitrogen and oxygen atoms in total. The molecule has 0 aliphatic carbocycles. The van der Waals surface area contributed by atoms with Crippen molar-refractivity contribution < 1.29 is 4.39 Å². The normalized spacial score (nSPS) is 11.9. The Morgan fingerprint density at radius 2 is 1.83 bits per heavy atom. The van der Waals surface area contributed by atoms with Gasteiger partial charge in [0, 0.05) is 11.1 Å². The van der Waals surface area contributed by atoms with Crippen LogP contribution in [0.4, 0.5) is 4.39 Å². The van der Waals surface area contributed by atoms with E-state index >= 15 is 0 Å². The van der Waals surface area contributed by atoms with Crippen LogP contribution in [-0.2, 0) is 5.41 Å². The van der Waals surface area contributed by atoms with Gasteiger partial charge in [0.15, 0.2) is 11.5 Å². The predicted octanol–water partition coefficient (Wildman–Crippen LogP) is 3.43. The smallest absolute Gasteiger partial charge is 0.167 e. The first kappa shape index (κ1) is 16.1. The third-order valence-electron chi connectivity index (χ3n) is 3.88. The van der Waals surface area contributed by atoms with Gasteiger partial charge in [-0.2, -0.15) is 5.10 Å². The van der Waals surface area contributed by atoms with E-state index in [-0.39, 0.29) is 17.1 Å². The van der Waals surface area contributed by atoms with Gasteiger partial charge >= 0.3 is 0 Å². The van der Waals surface area contributed by atoms with Gasteiger partial charge in [-0.15, -0.1) is 0 Å². The maximum absolute atomic E-state index is 13.2. The van der Waals surface area contributed by atoms with Gasteiger partial charge in [0.1, 0.15) is 11.7 Å². The Bertz CT molecular complexity index is 933. The Morgan fingerprint density at radius 3 is 2.38 bits per heavy atom. The van der Waals surface area contributed by atoms with Crippen molar-refractivity contribution in [1.82, 2.24) is 14.6 Å². The Balaban J connectivity index is 2.36. The van der Waals surface area contributed by atoms with Gasteiger partial charge in [-0.1, -0.05) is 32.9 Å². The molecule has 0 saturated carbocycles. The molecular weight excluding hydrogens is 305 g/mol. The number of nitrogen functional groups attached to an aromatic ring is 1. The molecule has 2 aromatic heterocycles. The van der Waals surface area contributed by atoms with Crippen LogP contribution in [0, 0.1) is 18.2 Å². The van der Waals surface area contributed by atoms with Crippen molar-refractivity contribution in [2.45, 2.75) is 33.1 Å². The second-order valence-electron chi connectivity index (χ2n) is 6.92. The van der Waals surface area contributed by atoms with Crippen molar-refractivity contribution in [3.8, 4) is 11.1 Å². The molecule has 0 spiro atoms. The van der Waals surface area contributed by atoms with Crippen LogP contribution >= 0.6 is 0 Å². The van der Waals surface area contributed by atoms with Gasteiger partial charge in [0.25, 0.3) is 0 Å². The van der Waals surface area contributed by atoms with Gasteiger partial charge < -0.3 is 5.73 Å². The highest BCUT2D eigenvalue weighted by Gasteiger charge is 2.24. The number of nitrogens with zero attached hydrogens (tertiary/aromatic N) is 3. The lowest BCUT2D eigenvalue weighted by Crippen LogP contribution is -2.15. The van der Waals surface area contributed by atoms with E-state index in [0.29, 0.717) is 17.0 Å². The fraction of sp³-hybridized carbons (Fsp3) is 0.278. The lowest BCUT2D eigenvalue weighted by Gasteiger charge is -2.11. The molecule has 0 unspecified atom stereocenters. The summed E-state index contributed by atoms with van der Waals surface area (Å²) >= 11 is 0. The predicted molar refractivity (Wildman–Crippen MR) is 92.8 cm³/mol. The molecule has 124 valence electrons. The van der Waals surface area contributed by atoms with Crippen LogP contribution in [-0.4, -0.2) is 20.4 Å². The van der Waals surface area contributed by atoms with Crippen molar-refractivity contribution in [3.05, 3.63) is 53.2 Å². The van der Waals surface area contributed by atoms with Crippen molar-refractivity contribution in [3.63, 3.8) is 0 Å². The van der Waals surface area contributed by atoms with E-state index < -0.39 is 0 Å². The minimum atomic E-state index is -0.307. The summed E-state index contributed by atoms with van der Waals surface area (Å²) in [6.45, 7) is 8.02. The number of fused-ring (bicyclic) bond motifs is 1. The summed E-state index contributed by atoms with van der Waals surface area (Å²) < 4.78 is 14.9. The van der Waals surface area contributed by atoms with Gasteiger partial charge in [-0.25, -0.2) is 13.9 Å². The molecule has 24 heavy (non-hydrogen) atoms. The van der Waals surface area contributed by atoms with E-state index in [1.54, 1.807) is 16.6 Å². The second kappa shape index (κ2) is 5.40. The first-order valence-electron chi connectivity index (χ1n) is 7.69. The molecule has 0 fully saturated rings. The van der Waals surface area contributed by atoms with Crippen molar-refractivity contribution in [1.29, 1.82) is 5.41 Å². The zero-order chi connectivity index (χ0) is 17.6. The molecule has 0 amide bonds. The molecule has 0 saturated heterocycles. The number of nitrogens with one attached hydrogen (secondary N) is 1. The summed E-state index contributed by atoms with van der Waals surface area (Å²) in [5.41, 5.74) is 9.09. The average molecular weight is 325 g/mol. The third kappa shape index (κ3) is 2.64. The van der Waals surface area contributed by atoms with E-state index in [4.69, 9.17) is 11.1 Å². The molecule has 3 aromatic rings. The highest BCUT2D eigenvalue weighted by molar-refractivity contribution is 6.06. The lowest BCUT2D eigenvalue weighted by molar-refractivity contribution is 0.544. The molecule has 0 aliphatic rings. The van der Waals surface area contributed by atoms with Gasteiger partial charge in [0.05, 0.1) is 5.56 Å². The van der Waals surface area contributed by atoms with E-state index in [2.05, 4.69) is 10.1 Å². The Morgan fingerprint density at radius 1 is 1.21 bits per heavy atom. The molecule has 2 heterocycles. The highest BCUT2D eigenvalue weighted by Crippen LogP contribution is 2.29. The van der Waals surface area contributed by atoms with Crippen LogP contribution in [0.25, 0.3) is 16.8 Å². The first-order chi connectivity index (χ1) is 11.2. The average Bonchev–Trinajstić information content (AvgIpc) is 2.93. The van der Waals surface area contributed by atoms with Crippen LogP contribution < -0.4 is 5.73 Å². The van der Waals surface area contributed by atoms with Gasteiger partial charge in [0.2, 0.25) is 0 Å². The minimum Gasteiger partial charge on any atom is -0.384 e. The minimum absolute atomic E-state index is 0.0906. The van der Waals surface area contributed by atoms with Crippen LogP contribution in [0.1, 0.15) is 37.9 Å². The Hall–Kier alpha value is -2.76. The number of amidine groups is 1. The highest BCUT2D eigenvalue weighted by atomic mass is 19.1. The number of halogens is 1. The third-order valence-corrected chi connectivity index (χ3v) is 3.88. The quantitative estimate of drug-likeness (QED) is 0.559. The van der Waals surface area contributed by atoms with Crippen LogP contribution in [0.2, 0.25) is 0 Å². The van der Waals surface area contributed by atoms with Gasteiger partial charge in [-0.3, -0.25) is 5.41 Å². The fourth-order valence-electron chi connectivity index (χ4n) is 2.62. The Kier molecular flexibility index (Phi) is 3.63. The molecule has 0 radical (unpaired) electrons.